The topological polar surface area (TPSA) is 97.0 Å². The lowest BCUT2D eigenvalue weighted by molar-refractivity contribution is 0.0904. The zero-order valence-electron chi connectivity index (χ0n) is 11.9. The van der Waals surface area contributed by atoms with Crippen molar-refractivity contribution in [1.82, 2.24) is 20.4 Å². The van der Waals surface area contributed by atoms with Crippen LogP contribution >= 0.6 is 0 Å². The van der Waals surface area contributed by atoms with E-state index in [0.29, 0.717) is 11.6 Å². The highest BCUT2D eigenvalue weighted by atomic mass is 16.5. The van der Waals surface area contributed by atoms with Gasteiger partial charge in [-0.05, 0) is 29.7 Å². The van der Waals surface area contributed by atoms with Crippen LogP contribution in [0.15, 0.2) is 57.8 Å². The summed E-state index contributed by atoms with van der Waals surface area (Å²) in [6.07, 6.45) is 3.40. The number of rotatable bonds is 4. The van der Waals surface area contributed by atoms with Crippen LogP contribution < -0.4 is 5.32 Å². The molecule has 0 unspecified atom stereocenters. The molecular weight excluding hydrogens is 296 g/mol. The van der Waals surface area contributed by atoms with Gasteiger partial charge in [0.15, 0.2) is 0 Å². The highest BCUT2D eigenvalue weighted by molar-refractivity contribution is 5.90. The van der Waals surface area contributed by atoms with Gasteiger partial charge in [0.2, 0.25) is 5.82 Å². The van der Waals surface area contributed by atoms with E-state index in [9.17, 15) is 4.79 Å². The van der Waals surface area contributed by atoms with Crippen LogP contribution in [0.5, 0.6) is 0 Å². The Bertz CT molecular complexity index is 953. The molecule has 1 amide bonds. The first-order valence-corrected chi connectivity index (χ1v) is 7.01. The van der Waals surface area contributed by atoms with Crippen LogP contribution in [-0.2, 0) is 6.54 Å². The number of nitrogens with one attached hydrogen (secondary N) is 2. The number of fused-ring (bicyclic) bond motifs is 1. The van der Waals surface area contributed by atoms with E-state index in [2.05, 4.69) is 20.4 Å². The lowest BCUT2D eigenvalue weighted by Crippen LogP contribution is -2.22. The van der Waals surface area contributed by atoms with E-state index in [4.69, 9.17) is 8.94 Å². The van der Waals surface area contributed by atoms with Gasteiger partial charge in [0.1, 0.15) is 5.76 Å². The lowest BCUT2D eigenvalue weighted by Gasteiger charge is -1.98. The molecule has 3 aromatic heterocycles. The number of aromatic nitrogens is 3. The number of H-pyrrole nitrogens is 1. The summed E-state index contributed by atoms with van der Waals surface area (Å²) in [6.45, 7) is 0.262. The van der Waals surface area contributed by atoms with E-state index in [1.54, 1.807) is 18.4 Å². The van der Waals surface area contributed by atoms with Crippen molar-refractivity contribution in [1.29, 1.82) is 0 Å². The van der Waals surface area contributed by atoms with E-state index in [1.165, 1.54) is 0 Å². The molecule has 0 atom stereocenters. The first-order valence-electron chi connectivity index (χ1n) is 7.01. The fourth-order valence-electron chi connectivity index (χ4n) is 2.28. The van der Waals surface area contributed by atoms with Crippen molar-refractivity contribution < 1.29 is 13.7 Å². The number of aromatic amines is 1. The predicted octanol–water partition coefficient (Wildman–Crippen LogP) is 2.74. The smallest absolute Gasteiger partial charge is 0.316 e. The van der Waals surface area contributed by atoms with Crippen molar-refractivity contribution in [3.8, 4) is 11.4 Å². The van der Waals surface area contributed by atoms with E-state index < -0.39 is 5.91 Å². The predicted molar refractivity (Wildman–Crippen MR) is 81.5 cm³/mol. The molecule has 0 saturated carbocycles. The first kappa shape index (κ1) is 13.3. The van der Waals surface area contributed by atoms with Gasteiger partial charge in [-0.15, -0.1) is 0 Å². The maximum atomic E-state index is 12.0. The van der Waals surface area contributed by atoms with Gasteiger partial charge in [-0.25, -0.2) is 0 Å². The molecule has 23 heavy (non-hydrogen) atoms. The molecule has 0 radical (unpaired) electrons. The molecular formula is C16H12N4O3. The van der Waals surface area contributed by atoms with Gasteiger partial charge >= 0.3 is 11.8 Å². The number of benzene rings is 1. The Morgan fingerprint density at radius 3 is 3.09 bits per heavy atom. The summed E-state index contributed by atoms with van der Waals surface area (Å²) in [5.74, 6) is 0.485. The molecule has 4 aromatic rings. The Morgan fingerprint density at radius 2 is 2.22 bits per heavy atom. The minimum atomic E-state index is -0.443. The summed E-state index contributed by atoms with van der Waals surface area (Å²) in [7, 11) is 0. The van der Waals surface area contributed by atoms with Gasteiger partial charge in [-0.1, -0.05) is 17.3 Å². The zero-order valence-corrected chi connectivity index (χ0v) is 11.9. The second kappa shape index (κ2) is 5.45. The molecule has 0 saturated heterocycles. The Labute approximate surface area is 130 Å². The lowest BCUT2D eigenvalue weighted by atomic mass is 10.1. The average Bonchev–Trinajstić information content (AvgIpc) is 3.32. The molecule has 1 aromatic carbocycles. The monoisotopic (exact) mass is 308 g/mol. The fourth-order valence-corrected chi connectivity index (χ4v) is 2.28. The minimum absolute atomic E-state index is 0.0851. The van der Waals surface area contributed by atoms with Crippen LogP contribution in [0.25, 0.3) is 22.3 Å². The zero-order chi connectivity index (χ0) is 15.6. The average molecular weight is 308 g/mol. The van der Waals surface area contributed by atoms with Crippen molar-refractivity contribution in [2.75, 3.05) is 0 Å². The maximum absolute atomic E-state index is 12.0. The van der Waals surface area contributed by atoms with Crippen LogP contribution in [0, 0.1) is 0 Å². The van der Waals surface area contributed by atoms with Crippen molar-refractivity contribution in [2.45, 2.75) is 6.54 Å². The van der Waals surface area contributed by atoms with Gasteiger partial charge in [0, 0.05) is 17.3 Å². The number of amides is 1. The second-order valence-electron chi connectivity index (χ2n) is 4.96. The standard InChI is InChI=1S/C16H12N4O3/c21-15(18-9-12-2-1-7-22-12)16-19-14(20-23-16)11-4-3-10-5-6-17-13(10)8-11/h1-8,17H,9H2,(H,18,21). The number of hydrogen-bond donors (Lipinski definition) is 2. The molecule has 0 fully saturated rings. The highest BCUT2D eigenvalue weighted by Gasteiger charge is 2.16. The van der Waals surface area contributed by atoms with Crippen LogP contribution in [0.1, 0.15) is 16.4 Å². The Balaban J connectivity index is 1.52. The number of hydrogen-bond acceptors (Lipinski definition) is 5. The molecule has 4 rings (SSSR count). The number of carbonyl (C=O) groups is 1. The summed E-state index contributed by atoms with van der Waals surface area (Å²) in [4.78, 5) is 19.3. The van der Waals surface area contributed by atoms with Crippen LogP contribution in [0.3, 0.4) is 0 Å². The third-order valence-corrected chi connectivity index (χ3v) is 3.44. The minimum Gasteiger partial charge on any atom is -0.467 e. The number of carbonyl (C=O) groups excluding carboxylic acids is 1. The molecule has 7 heteroatoms. The molecule has 0 aliphatic carbocycles. The molecule has 3 heterocycles. The van der Waals surface area contributed by atoms with Crippen LogP contribution in [0.2, 0.25) is 0 Å². The number of nitrogens with zero attached hydrogens (tertiary/aromatic N) is 2. The van der Waals surface area contributed by atoms with E-state index >= 15 is 0 Å². The quantitative estimate of drug-likeness (QED) is 0.604. The summed E-state index contributed by atoms with van der Waals surface area (Å²) < 4.78 is 10.2. The van der Waals surface area contributed by atoms with E-state index in [-0.39, 0.29) is 12.4 Å². The highest BCUT2D eigenvalue weighted by Crippen LogP contribution is 2.21. The van der Waals surface area contributed by atoms with E-state index in [0.717, 1.165) is 16.5 Å². The summed E-state index contributed by atoms with van der Waals surface area (Å²) in [5.41, 5.74) is 1.74. The van der Waals surface area contributed by atoms with Crippen LogP contribution in [-0.4, -0.2) is 21.0 Å². The summed E-state index contributed by atoms with van der Waals surface area (Å²) >= 11 is 0. The van der Waals surface area contributed by atoms with Crippen molar-refractivity contribution in [3.63, 3.8) is 0 Å². The molecule has 0 aliphatic rings. The Morgan fingerprint density at radius 1 is 1.26 bits per heavy atom. The Kier molecular flexibility index (Phi) is 3.16. The summed E-state index contributed by atoms with van der Waals surface area (Å²) in [6, 6.07) is 11.2. The van der Waals surface area contributed by atoms with Crippen LogP contribution in [0.4, 0.5) is 0 Å². The Hall–Kier alpha value is -3.35. The van der Waals surface area contributed by atoms with Crippen molar-refractivity contribution in [3.05, 3.63) is 60.5 Å². The SMILES string of the molecule is O=C(NCc1ccco1)c1nc(-c2ccc3cc[nH]c3c2)no1. The second-order valence-corrected chi connectivity index (χ2v) is 4.96. The van der Waals surface area contributed by atoms with Crippen molar-refractivity contribution >= 4 is 16.8 Å². The van der Waals surface area contributed by atoms with Gasteiger partial charge in [0.05, 0.1) is 12.8 Å². The van der Waals surface area contributed by atoms with Gasteiger partial charge < -0.3 is 19.2 Å². The maximum Gasteiger partial charge on any atom is 0.316 e. The number of furan rings is 1. The first-order chi connectivity index (χ1) is 11.3. The van der Waals surface area contributed by atoms with Gasteiger partial charge in [-0.3, -0.25) is 4.79 Å². The molecule has 114 valence electrons. The molecule has 0 aliphatic heterocycles. The molecule has 7 nitrogen and oxygen atoms in total. The normalized spacial score (nSPS) is 11.0. The van der Waals surface area contributed by atoms with Gasteiger partial charge in [0.25, 0.3) is 0 Å². The van der Waals surface area contributed by atoms with E-state index in [1.807, 2.05) is 30.5 Å². The fraction of sp³-hybridized carbons (Fsp3) is 0.0625. The summed E-state index contributed by atoms with van der Waals surface area (Å²) in [5, 5.41) is 7.61. The molecule has 0 spiro atoms. The third-order valence-electron chi connectivity index (χ3n) is 3.44. The van der Waals surface area contributed by atoms with Gasteiger partial charge in [-0.2, -0.15) is 4.98 Å². The van der Waals surface area contributed by atoms with Crippen molar-refractivity contribution in [2.24, 2.45) is 0 Å². The molecule has 0 bridgehead atoms. The molecule has 2 N–H and O–H groups in total. The third kappa shape index (κ3) is 2.59. The largest absolute Gasteiger partial charge is 0.467 e.